The van der Waals surface area contributed by atoms with E-state index in [0.717, 1.165) is 0 Å². The molecule has 4 N–H and O–H groups in total. The molecule has 0 saturated heterocycles. The highest BCUT2D eigenvalue weighted by Crippen LogP contribution is 2.14. The zero-order valence-electron chi connectivity index (χ0n) is 10.5. The lowest BCUT2D eigenvalue weighted by atomic mass is 10.1. The van der Waals surface area contributed by atoms with Crippen molar-refractivity contribution in [1.29, 1.82) is 0 Å². The number of nitrogens with one attached hydrogen (secondary N) is 1. The molecule has 0 saturated carbocycles. The van der Waals surface area contributed by atoms with E-state index in [1.54, 1.807) is 24.3 Å². The fourth-order valence-electron chi connectivity index (χ4n) is 1.66. The molecule has 102 valence electrons. The van der Waals surface area contributed by atoms with Gasteiger partial charge in [0.2, 0.25) is 5.91 Å². The van der Waals surface area contributed by atoms with Crippen LogP contribution in [0.15, 0.2) is 48.8 Å². The number of amides is 1. The summed E-state index contributed by atoms with van der Waals surface area (Å²) in [4.78, 5) is 26.6. The average molecular weight is 271 g/mol. The van der Waals surface area contributed by atoms with E-state index in [0.29, 0.717) is 11.3 Å². The fraction of sp³-hybridized carbons (Fsp3) is 0.0714. The van der Waals surface area contributed by atoms with Crippen LogP contribution in [0.25, 0.3) is 0 Å². The summed E-state index contributed by atoms with van der Waals surface area (Å²) in [5, 5.41) is 11.4. The van der Waals surface area contributed by atoms with Crippen molar-refractivity contribution in [2.75, 3.05) is 5.32 Å². The van der Waals surface area contributed by atoms with E-state index in [4.69, 9.17) is 10.8 Å². The van der Waals surface area contributed by atoms with E-state index in [1.807, 2.05) is 6.07 Å². The largest absolute Gasteiger partial charge is 0.478 e. The lowest BCUT2D eigenvalue weighted by Crippen LogP contribution is -2.27. The predicted molar refractivity (Wildman–Crippen MR) is 73.2 cm³/mol. The van der Waals surface area contributed by atoms with Gasteiger partial charge in [0.1, 0.15) is 6.04 Å². The van der Waals surface area contributed by atoms with Crippen molar-refractivity contribution in [2.24, 2.45) is 5.73 Å². The molecule has 0 aliphatic heterocycles. The van der Waals surface area contributed by atoms with Crippen LogP contribution in [0.4, 0.5) is 5.69 Å². The minimum absolute atomic E-state index is 0.00363. The number of carboxylic acid groups (broad SMARTS) is 1. The SMILES string of the molecule is N[C@H](C(=O)Nc1cncc(C(=O)O)c1)c1ccccc1. The lowest BCUT2D eigenvalue weighted by Gasteiger charge is -2.12. The zero-order valence-corrected chi connectivity index (χ0v) is 10.5. The maximum Gasteiger partial charge on any atom is 0.337 e. The van der Waals surface area contributed by atoms with Crippen molar-refractivity contribution in [3.05, 3.63) is 59.9 Å². The van der Waals surface area contributed by atoms with E-state index in [1.165, 1.54) is 18.5 Å². The predicted octanol–water partition coefficient (Wildman–Crippen LogP) is 1.42. The van der Waals surface area contributed by atoms with E-state index in [9.17, 15) is 9.59 Å². The van der Waals surface area contributed by atoms with Crippen molar-refractivity contribution >= 4 is 17.6 Å². The second kappa shape index (κ2) is 5.94. The number of carbonyl (C=O) groups is 2. The van der Waals surface area contributed by atoms with Crippen molar-refractivity contribution in [3.8, 4) is 0 Å². The maximum absolute atomic E-state index is 12.0. The quantitative estimate of drug-likeness (QED) is 0.779. The highest BCUT2D eigenvalue weighted by Gasteiger charge is 2.16. The Labute approximate surface area is 115 Å². The third kappa shape index (κ3) is 3.18. The number of hydrogen-bond donors (Lipinski definition) is 3. The van der Waals surface area contributed by atoms with Gasteiger partial charge in [-0.05, 0) is 11.6 Å². The number of carboxylic acids is 1. The van der Waals surface area contributed by atoms with E-state index >= 15 is 0 Å². The first-order valence-electron chi connectivity index (χ1n) is 5.87. The monoisotopic (exact) mass is 271 g/mol. The molecule has 0 unspecified atom stereocenters. The molecule has 0 radical (unpaired) electrons. The molecule has 1 atom stereocenters. The molecule has 2 aromatic rings. The highest BCUT2D eigenvalue weighted by molar-refractivity contribution is 5.96. The molecule has 0 fully saturated rings. The number of aromatic nitrogens is 1. The molecule has 20 heavy (non-hydrogen) atoms. The molecule has 1 amide bonds. The van der Waals surface area contributed by atoms with Crippen LogP contribution >= 0.6 is 0 Å². The standard InChI is InChI=1S/C14H13N3O3/c15-12(9-4-2-1-3-5-9)13(18)17-11-6-10(14(19)20)7-16-8-11/h1-8,12H,15H2,(H,17,18)(H,19,20)/t12-/m0/s1. The molecule has 0 bridgehead atoms. The van der Waals surface area contributed by atoms with Crippen LogP contribution in [-0.4, -0.2) is 22.0 Å². The summed E-state index contributed by atoms with van der Waals surface area (Å²) >= 11 is 0. The third-order valence-corrected chi connectivity index (χ3v) is 2.69. The molecule has 1 heterocycles. The summed E-state index contributed by atoms with van der Waals surface area (Å²) in [6.07, 6.45) is 2.57. The Bertz CT molecular complexity index is 629. The number of carbonyl (C=O) groups excluding carboxylic acids is 1. The fourth-order valence-corrected chi connectivity index (χ4v) is 1.66. The number of anilines is 1. The van der Waals surface area contributed by atoms with Gasteiger partial charge in [0, 0.05) is 6.20 Å². The Balaban J connectivity index is 2.12. The second-order valence-electron chi connectivity index (χ2n) is 4.15. The number of nitrogens with two attached hydrogens (primary N) is 1. The van der Waals surface area contributed by atoms with Gasteiger partial charge < -0.3 is 16.2 Å². The Morgan fingerprint density at radius 1 is 1.20 bits per heavy atom. The molecule has 0 aliphatic rings. The average Bonchev–Trinajstić information content (AvgIpc) is 2.47. The van der Waals surface area contributed by atoms with Crippen molar-refractivity contribution in [1.82, 2.24) is 4.98 Å². The van der Waals surface area contributed by atoms with Crippen molar-refractivity contribution in [2.45, 2.75) is 6.04 Å². The molecule has 6 heteroatoms. The minimum atomic E-state index is -1.11. The first-order chi connectivity index (χ1) is 9.58. The summed E-state index contributed by atoms with van der Waals surface area (Å²) in [5.74, 6) is -1.54. The zero-order chi connectivity index (χ0) is 14.5. The van der Waals surface area contributed by atoms with Gasteiger partial charge in [-0.25, -0.2) is 4.79 Å². The van der Waals surface area contributed by atoms with E-state index in [2.05, 4.69) is 10.3 Å². The van der Waals surface area contributed by atoms with Crippen LogP contribution in [0, 0.1) is 0 Å². The van der Waals surface area contributed by atoms with Gasteiger partial charge in [0.15, 0.2) is 0 Å². The first kappa shape index (κ1) is 13.7. The van der Waals surface area contributed by atoms with Gasteiger partial charge in [0.25, 0.3) is 0 Å². The van der Waals surface area contributed by atoms with Crippen molar-refractivity contribution in [3.63, 3.8) is 0 Å². The lowest BCUT2D eigenvalue weighted by molar-refractivity contribution is -0.117. The van der Waals surface area contributed by atoms with Crippen LogP contribution in [0.1, 0.15) is 22.0 Å². The summed E-state index contributed by atoms with van der Waals surface area (Å²) in [6, 6.07) is 9.39. The van der Waals surface area contributed by atoms with Crippen LogP contribution in [0.2, 0.25) is 0 Å². The Morgan fingerprint density at radius 2 is 1.90 bits per heavy atom. The number of benzene rings is 1. The van der Waals surface area contributed by atoms with E-state index in [-0.39, 0.29) is 5.56 Å². The summed E-state index contributed by atoms with van der Waals surface area (Å²) in [6.45, 7) is 0. The maximum atomic E-state index is 12.0. The summed E-state index contributed by atoms with van der Waals surface area (Å²) in [5.41, 5.74) is 6.80. The number of rotatable bonds is 4. The van der Waals surface area contributed by atoms with Gasteiger partial charge in [0.05, 0.1) is 17.4 Å². The second-order valence-corrected chi connectivity index (χ2v) is 4.15. The number of aromatic carboxylic acids is 1. The first-order valence-corrected chi connectivity index (χ1v) is 5.87. The van der Waals surface area contributed by atoms with Crippen LogP contribution < -0.4 is 11.1 Å². The molecule has 0 spiro atoms. The van der Waals surface area contributed by atoms with Crippen molar-refractivity contribution < 1.29 is 14.7 Å². The highest BCUT2D eigenvalue weighted by atomic mass is 16.4. The Morgan fingerprint density at radius 3 is 2.55 bits per heavy atom. The number of nitrogens with zero attached hydrogens (tertiary/aromatic N) is 1. The normalized spacial score (nSPS) is 11.7. The summed E-state index contributed by atoms with van der Waals surface area (Å²) in [7, 11) is 0. The Hall–Kier alpha value is -2.73. The van der Waals surface area contributed by atoms with Crippen LogP contribution in [0.5, 0.6) is 0 Å². The van der Waals surface area contributed by atoms with Crippen LogP contribution in [-0.2, 0) is 4.79 Å². The third-order valence-electron chi connectivity index (χ3n) is 2.69. The van der Waals surface area contributed by atoms with Gasteiger partial charge in [-0.15, -0.1) is 0 Å². The van der Waals surface area contributed by atoms with Gasteiger partial charge in [-0.2, -0.15) is 0 Å². The Kier molecular flexibility index (Phi) is 4.07. The topological polar surface area (TPSA) is 105 Å². The molecule has 1 aromatic carbocycles. The molecular weight excluding hydrogens is 258 g/mol. The van der Waals surface area contributed by atoms with Gasteiger partial charge >= 0.3 is 5.97 Å². The number of hydrogen-bond acceptors (Lipinski definition) is 4. The van der Waals surface area contributed by atoms with E-state index < -0.39 is 17.9 Å². The molecule has 1 aromatic heterocycles. The van der Waals surface area contributed by atoms with Gasteiger partial charge in [-0.3, -0.25) is 9.78 Å². The summed E-state index contributed by atoms with van der Waals surface area (Å²) < 4.78 is 0. The minimum Gasteiger partial charge on any atom is -0.478 e. The van der Waals surface area contributed by atoms with Gasteiger partial charge in [-0.1, -0.05) is 30.3 Å². The molecule has 6 nitrogen and oxygen atoms in total. The molecule has 0 aliphatic carbocycles. The number of pyridine rings is 1. The molecular formula is C14H13N3O3. The smallest absolute Gasteiger partial charge is 0.337 e. The molecule has 2 rings (SSSR count). The van der Waals surface area contributed by atoms with Crippen LogP contribution in [0.3, 0.4) is 0 Å².